The molecule has 0 saturated heterocycles. The molecule has 0 bridgehead atoms. The third kappa shape index (κ3) is 4.54. The van der Waals surface area contributed by atoms with E-state index in [2.05, 4.69) is 16.8 Å². The fourth-order valence-electron chi connectivity index (χ4n) is 3.43. The average Bonchev–Trinajstić information content (AvgIpc) is 3.08. The Morgan fingerprint density at radius 3 is 2.34 bits per heavy atom. The van der Waals surface area contributed by atoms with Crippen LogP contribution in [0.2, 0.25) is 0 Å². The number of aromatic nitrogens is 2. The number of rotatable bonds is 9. The molecule has 0 spiro atoms. The van der Waals surface area contributed by atoms with Crippen LogP contribution in [0.1, 0.15) is 30.3 Å². The van der Waals surface area contributed by atoms with Crippen molar-refractivity contribution in [3.05, 3.63) is 50.9 Å². The molecular formula is C21H27N3O4S. The number of hydrogen-bond donors (Lipinski definition) is 0. The van der Waals surface area contributed by atoms with E-state index in [1.54, 1.807) is 31.8 Å². The van der Waals surface area contributed by atoms with Crippen LogP contribution in [0.15, 0.2) is 28.4 Å². The molecule has 1 aromatic carbocycles. The molecule has 3 rings (SSSR count). The third-order valence-electron chi connectivity index (χ3n) is 4.68. The van der Waals surface area contributed by atoms with Gasteiger partial charge < -0.3 is 14.2 Å². The highest BCUT2D eigenvalue weighted by Gasteiger charge is 2.16. The Hall–Kier alpha value is -2.58. The lowest BCUT2D eigenvalue weighted by molar-refractivity contribution is 0.252. The zero-order valence-corrected chi connectivity index (χ0v) is 18.3. The topological polar surface area (TPSA) is 65.3 Å². The maximum atomic E-state index is 12.5. The predicted molar refractivity (Wildman–Crippen MR) is 115 cm³/mol. The molecule has 0 aliphatic heterocycles. The van der Waals surface area contributed by atoms with Crippen molar-refractivity contribution < 1.29 is 14.2 Å². The molecule has 0 fully saturated rings. The minimum Gasteiger partial charge on any atom is -0.493 e. The minimum atomic E-state index is -0.0343. The van der Waals surface area contributed by atoms with Gasteiger partial charge in [-0.2, -0.15) is 0 Å². The Labute approximate surface area is 174 Å². The van der Waals surface area contributed by atoms with Crippen molar-refractivity contribution in [3.8, 4) is 17.2 Å². The van der Waals surface area contributed by atoms with Gasteiger partial charge >= 0.3 is 0 Å². The molecule has 2 aromatic heterocycles. The molecule has 0 saturated carbocycles. The Morgan fingerprint density at radius 1 is 1.07 bits per heavy atom. The van der Waals surface area contributed by atoms with Crippen LogP contribution in [0.5, 0.6) is 17.2 Å². The summed E-state index contributed by atoms with van der Waals surface area (Å²) in [5.74, 6) is 1.84. The molecule has 0 amide bonds. The normalized spacial score (nSPS) is 11.2. The lowest BCUT2D eigenvalue weighted by Gasteiger charge is -2.22. The van der Waals surface area contributed by atoms with Crippen molar-refractivity contribution in [2.45, 2.75) is 33.4 Å². The average molecular weight is 418 g/mol. The first-order valence-electron chi connectivity index (χ1n) is 9.48. The van der Waals surface area contributed by atoms with Crippen LogP contribution >= 0.6 is 11.3 Å². The van der Waals surface area contributed by atoms with Crippen molar-refractivity contribution in [1.82, 2.24) is 14.3 Å². The van der Waals surface area contributed by atoms with Gasteiger partial charge in [-0.1, -0.05) is 6.92 Å². The summed E-state index contributed by atoms with van der Waals surface area (Å²) >= 11 is 1.49. The van der Waals surface area contributed by atoms with Crippen molar-refractivity contribution in [2.24, 2.45) is 0 Å². The molecule has 0 radical (unpaired) electrons. The zero-order valence-electron chi connectivity index (χ0n) is 17.5. The van der Waals surface area contributed by atoms with E-state index in [0.717, 1.165) is 34.9 Å². The molecule has 2 heterocycles. The van der Waals surface area contributed by atoms with Crippen LogP contribution in [0.3, 0.4) is 0 Å². The second-order valence-electron chi connectivity index (χ2n) is 6.83. The number of methoxy groups -OCH3 is 3. The van der Waals surface area contributed by atoms with Crippen molar-refractivity contribution >= 4 is 16.3 Å². The van der Waals surface area contributed by atoms with Crippen LogP contribution in [0, 0.1) is 6.92 Å². The number of benzene rings is 1. The number of fused-ring (bicyclic) bond motifs is 1. The maximum Gasteiger partial charge on any atom is 0.259 e. The van der Waals surface area contributed by atoms with Crippen LogP contribution in [-0.2, 0) is 13.1 Å². The Kier molecular flexibility index (Phi) is 6.76. The number of aryl methyl sites for hydroxylation is 1. The molecule has 8 heteroatoms. The van der Waals surface area contributed by atoms with E-state index in [1.807, 2.05) is 24.4 Å². The summed E-state index contributed by atoms with van der Waals surface area (Å²) < 4.78 is 18.0. The fraction of sp³-hybridized carbons (Fsp3) is 0.429. The highest BCUT2D eigenvalue weighted by molar-refractivity contribution is 7.15. The summed E-state index contributed by atoms with van der Waals surface area (Å²) in [6.07, 6.45) is 0.990. The monoisotopic (exact) mass is 417 g/mol. The summed E-state index contributed by atoms with van der Waals surface area (Å²) in [5, 5.41) is 1.95. The lowest BCUT2D eigenvalue weighted by atomic mass is 10.1. The second kappa shape index (κ2) is 9.28. The van der Waals surface area contributed by atoms with E-state index in [4.69, 9.17) is 14.2 Å². The smallest absolute Gasteiger partial charge is 0.259 e. The summed E-state index contributed by atoms with van der Waals surface area (Å²) in [7, 11) is 4.82. The zero-order chi connectivity index (χ0) is 21.0. The van der Waals surface area contributed by atoms with Gasteiger partial charge in [-0.15, -0.1) is 11.3 Å². The third-order valence-corrected chi connectivity index (χ3v) is 5.63. The summed E-state index contributed by atoms with van der Waals surface area (Å²) in [6.45, 7) is 6.19. The van der Waals surface area contributed by atoms with Crippen LogP contribution in [0.25, 0.3) is 4.96 Å². The lowest BCUT2D eigenvalue weighted by Crippen LogP contribution is -2.26. The number of ether oxygens (including phenoxy) is 3. The van der Waals surface area contributed by atoms with E-state index in [1.165, 1.54) is 11.3 Å². The highest BCUT2D eigenvalue weighted by atomic mass is 32.1. The molecule has 0 N–H and O–H groups in total. The van der Waals surface area contributed by atoms with Crippen LogP contribution in [0.4, 0.5) is 0 Å². The largest absolute Gasteiger partial charge is 0.493 e. The van der Waals surface area contributed by atoms with Crippen LogP contribution < -0.4 is 19.8 Å². The van der Waals surface area contributed by atoms with Gasteiger partial charge in [0.15, 0.2) is 16.5 Å². The Bertz CT molecular complexity index is 1020. The quantitative estimate of drug-likeness (QED) is 0.531. The fourth-order valence-corrected chi connectivity index (χ4v) is 4.32. The Balaban J connectivity index is 1.88. The Morgan fingerprint density at radius 2 is 1.76 bits per heavy atom. The van der Waals surface area contributed by atoms with Gasteiger partial charge in [0.2, 0.25) is 5.75 Å². The SMILES string of the molecule is CCCN(Cc1cc(OC)c(OC)c(OC)c1)Cc1cc(=O)n2c(C)csc2n1. The van der Waals surface area contributed by atoms with Crippen molar-refractivity contribution in [2.75, 3.05) is 27.9 Å². The second-order valence-corrected chi connectivity index (χ2v) is 7.66. The maximum absolute atomic E-state index is 12.5. The summed E-state index contributed by atoms with van der Waals surface area (Å²) in [4.78, 5) is 20.2. The molecule has 156 valence electrons. The van der Waals surface area contributed by atoms with Gasteiger partial charge in [0.05, 0.1) is 27.0 Å². The molecule has 29 heavy (non-hydrogen) atoms. The van der Waals surface area contributed by atoms with E-state index < -0.39 is 0 Å². The van der Waals surface area contributed by atoms with Crippen molar-refractivity contribution in [3.63, 3.8) is 0 Å². The number of hydrogen-bond acceptors (Lipinski definition) is 7. The van der Waals surface area contributed by atoms with Crippen molar-refractivity contribution in [1.29, 1.82) is 0 Å². The first-order chi connectivity index (χ1) is 14.0. The number of nitrogens with zero attached hydrogens (tertiary/aromatic N) is 3. The molecule has 0 unspecified atom stereocenters. The molecule has 0 aliphatic rings. The van der Waals surface area contributed by atoms with Gasteiger partial charge in [-0.05, 0) is 37.6 Å². The highest BCUT2D eigenvalue weighted by Crippen LogP contribution is 2.38. The molecule has 0 atom stereocenters. The number of thiazole rings is 1. The van der Waals surface area contributed by atoms with E-state index in [9.17, 15) is 4.79 Å². The van der Waals surface area contributed by atoms with E-state index in [0.29, 0.717) is 30.3 Å². The standard InChI is InChI=1S/C21H27N3O4S/c1-6-7-23(11-15-8-17(26-3)20(28-5)18(9-15)27-4)12-16-10-19(25)24-14(2)13-29-21(24)22-16/h8-10,13H,6-7,11-12H2,1-5H3. The van der Waals surface area contributed by atoms with Crippen LogP contribution in [-0.4, -0.2) is 42.2 Å². The predicted octanol–water partition coefficient (Wildman–Crippen LogP) is 3.50. The van der Waals surface area contributed by atoms with Gasteiger partial charge in [-0.25, -0.2) is 4.98 Å². The van der Waals surface area contributed by atoms with Gasteiger partial charge in [0.25, 0.3) is 5.56 Å². The summed E-state index contributed by atoms with van der Waals surface area (Å²) in [5.41, 5.74) is 2.69. The molecular weight excluding hydrogens is 390 g/mol. The molecule has 7 nitrogen and oxygen atoms in total. The minimum absolute atomic E-state index is 0.0343. The van der Waals surface area contributed by atoms with E-state index in [-0.39, 0.29) is 5.56 Å². The van der Waals surface area contributed by atoms with E-state index >= 15 is 0 Å². The first kappa shape index (κ1) is 21.1. The van der Waals surface area contributed by atoms with Gasteiger partial charge in [0.1, 0.15) is 0 Å². The summed E-state index contributed by atoms with van der Waals surface area (Å²) in [6, 6.07) is 5.54. The van der Waals surface area contributed by atoms with Gasteiger partial charge in [-0.3, -0.25) is 14.1 Å². The van der Waals surface area contributed by atoms with Gasteiger partial charge in [0, 0.05) is 30.2 Å². The molecule has 3 aromatic rings. The first-order valence-corrected chi connectivity index (χ1v) is 10.4. The molecule has 0 aliphatic carbocycles.